The highest BCUT2D eigenvalue weighted by atomic mass is 16.6. The van der Waals surface area contributed by atoms with Crippen LogP contribution in [0.4, 0.5) is 5.69 Å². The van der Waals surface area contributed by atoms with Crippen molar-refractivity contribution in [3.63, 3.8) is 0 Å². The van der Waals surface area contributed by atoms with Gasteiger partial charge < -0.3 is 19.5 Å². The molecule has 0 atom stereocenters. The van der Waals surface area contributed by atoms with Gasteiger partial charge in [-0.1, -0.05) is 24.3 Å². The number of ether oxygens (including phenoxy) is 3. The lowest BCUT2D eigenvalue weighted by Crippen LogP contribution is -2.23. The van der Waals surface area contributed by atoms with Crippen molar-refractivity contribution in [2.75, 3.05) is 18.5 Å². The van der Waals surface area contributed by atoms with Crippen LogP contribution in [0.3, 0.4) is 0 Å². The molecule has 0 aliphatic rings. The maximum atomic E-state index is 11.9. The van der Waals surface area contributed by atoms with Gasteiger partial charge in [0.1, 0.15) is 17.2 Å². The Balaban J connectivity index is 1.40. The monoisotopic (exact) mass is 402 g/mol. The lowest BCUT2D eigenvalue weighted by atomic mass is 10.2. The van der Waals surface area contributed by atoms with Crippen LogP contribution in [-0.2, 0) is 14.3 Å². The summed E-state index contributed by atoms with van der Waals surface area (Å²) in [6.07, 6.45) is 0. The molecule has 1 N–H and O–H groups in total. The Morgan fingerprint density at radius 3 is 2.27 bits per heavy atom. The van der Waals surface area contributed by atoms with Gasteiger partial charge in [0.15, 0.2) is 13.2 Å². The molecule has 0 fully saturated rings. The number of nitrogens with zero attached hydrogens (tertiary/aromatic N) is 1. The topological polar surface area (TPSA) is 97.7 Å². The highest BCUT2D eigenvalue weighted by Gasteiger charge is 2.09. The summed E-state index contributed by atoms with van der Waals surface area (Å²) in [6, 6.07) is 24.5. The number of rotatable bonds is 8. The van der Waals surface area contributed by atoms with Gasteiger partial charge >= 0.3 is 5.97 Å². The third kappa shape index (κ3) is 6.39. The number of hydrogen-bond acceptors (Lipinski definition) is 6. The van der Waals surface area contributed by atoms with Gasteiger partial charge in [-0.2, -0.15) is 5.26 Å². The summed E-state index contributed by atoms with van der Waals surface area (Å²) >= 11 is 0. The van der Waals surface area contributed by atoms with Crippen molar-refractivity contribution in [1.29, 1.82) is 5.26 Å². The van der Waals surface area contributed by atoms with E-state index in [1.54, 1.807) is 42.5 Å². The summed E-state index contributed by atoms with van der Waals surface area (Å²) in [7, 11) is 0. The SMILES string of the molecule is N#Cc1cccc(NC(=O)COC(=O)COc2ccc(Oc3ccccc3)cc2)c1. The molecule has 1 amide bonds. The van der Waals surface area contributed by atoms with E-state index in [0.717, 1.165) is 0 Å². The molecule has 3 aromatic carbocycles. The predicted molar refractivity (Wildman–Crippen MR) is 109 cm³/mol. The molecule has 0 heterocycles. The first-order chi connectivity index (χ1) is 14.6. The van der Waals surface area contributed by atoms with E-state index in [4.69, 9.17) is 19.5 Å². The van der Waals surface area contributed by atoms with E-state index < -0.39 is 18.5 Å². The molecule has 0 saturated heterocycles. The Labute approximate surface area is 173 Å². The minimum atomic E-state index is -0.680. The van der Waals surface area contributed by atoms with E-state index in [9.17, 15) is 9.59 Å². The molecule has 0 aliphatic carbocycles. The molecular weight excluding hydrogens is 384 g/mol. The van der Waals surface area contributed by atoms with E-state index in [0.29, 0.717) is 28.5 Å². The first-order valence-electron chi connectivity index (χ1n) is 9.04. The predicted octanol–water partition coefficient (Wildman–Crippen LogP) is 3.91. The van der Waals surface area contributed by atoms with E-state index in [2.05, 4.69) is 5.32 Å². The fraction of sp³-hybridized carbons (Fsp3) is 0.0870. The van der Waals surface area contributed by atoms with E-state index in [-0.39, 0.29) is 6.61 Å². The number of nitrogens with one attached hydrogen (secondary N) is 1. The number of benzene rings is 3. The van der Waals surface area contributed by atoms with Crippen molar-refractivity contribution in [2.24, 2.45) is 0 Å². The van der Waals surface area contributed by atoms with Crippen molar-refractivity contribution in [3.8, 4) is 23.3 Å². The lowest BCUT2D eigenvalue weighted by Gasteiger charge is -2.09. The van der Waals surface area contributed by atoms with Gasteiger partial charge in [-0.25, -0.2) is 4.79 Å². The molecule has 150 valence electrons. The zero-order valence-electron chi connectivity index (χ0n) is 15.9. The second kappa shape index (κ2) is 10.3. The molecule has 0 bridgehead atoms. The molecule has 0 aromatic heterocycles. The van der Waals surface area contributed by atoms with Crippen LogP contribution < -0.4 is 14.8 Å². The van der Waals surface area contributed by atoms with Gasteiger partial charge in [0.05, 0.1) is 11.6 Å². The quantitative estimate of drug-likeness (QED) is 0.574. The average molecular weight is 402 g/mol. The molecule has 0 unspecified atom stereocenters. The molecule has 30 heavy (non-hydrogen) atoms. The van der Waals surface area contributed by atoms with Crippen LogP contribution in [0.5, 0.6) is 17.2 Å². The highest BCUT2D eigenvalue weighted by Crippen LogP contribution is 2.23. The summed E-state index contributed by atoms with van der Waals surface area (Å²) in [6.45, 7) is -0.793. The molecule has 0 radical (unpaired) electrons. The number of carbonyl (C=O) groups excluding carboxylic acids is 2. The molecule has 7 heteroatoms. The molecule has 0 saturated carbocycles. The average Bonchev–Trinajstić information content (AvgIpc) is 2.78. The van der Waals surface area contributed by atoms with Crippen molar-refractivity contribution in [3.05, 3.63) is 84.4 Å². The second-order valence-corrected chi connectivity index (χ2v) is 6.08. The summed E-state index contributed by atoms with van der Waals surface area (Å²) in [4.78, 5) is 23.6. The highest BCUT2D eigenvalue weighted by molar-refractivity contribution is 5.93. The minimum absolute atomic E-state index is 0.337. The third-order valence-corrected chi connectivity index (χ3v) is 3.80. The van der Waals surface area contributed by atoms with Crippen molar-refractivity contribution in [2.45, 2.75) is 0 Å². The van der Waals surface area contributed by atoms with Crippen molar-refractivity contribution < 1.29 is 23.8 Å². The smallest absolute Gasteiger partial charge is 0.344 e. The second-order valence-electron chi connectivity index (χ2n) is 6.08. The minimum Gasteiger partial charge on any atom is -0.482 e. The van der Waals surface area contributed by atoms with Crippen molar-refractivity contribution in [1.82, 2.24) is 0 Å². The molecule has 3 rings (SSSR count). The number of carbonyl (C=O) groups is 2. The Morgan fingerprint density at radius 1 is 0.833 bits per heavy atom. The zero-order valence-corrected chi connectivity index (χ0v) is 15.9. The van der Waals surface area contributed by atoms with Crippen LogP contribution in [0.15, 0.2) is 78.9 Å². The maximum absolute atomic E-state index is 11.9. The summed E-state index contributed by atoms with van der Waals surface area (Å²) < 4.78 is 15.9. The van der Waals surface area contributed by atoms with Crippen LogP contribution in [0.1, 0.15) is 5.56 Å². The maximum Gasteiger partial charge on any atom is 0.344 e. The Morgan fingerprint density at radius 2 is 1.53 bits per heavy atom. The molecule has 0 aliphatic heterocycles. The van der Waals surface area contributed by atoms with Gasteiger partial charge in [0.2, 0.25) is 0 Å². The lowest BCUT2D eigenvalue weighted by molar-refractivity contribution is -0.149. The summed E-state index contributed by atoms with van der Waals surface area (Å²) in [5.74, 6) is 0.618. The van der Waals surface area contributed by atoms with E-state index in [1.165, 1.54) is 6.07 Å². The first kappa shape index (κ1) is 20.4. The van der Waals surface area contributed by atoms with E-state index in [1.807, 2.05) is 36.4 Å². The fourth-order valence-corrected chi connectivity index (χ4v) is 2.42. The van der Waals surface area contributed by atoms with Crippen LogP contribution in [-0.4, -0.2) is 25.1 Å². The first-order valence-corrected chi connectivity index (χ1v) is 9.04. The summed E-state index contributed by atoms with van der Waals surface area (Å²) in [5.41, 5.74) is 0.863. The molecular formula is C23H18N2O5. The van der Waals surface area contributed by atoms with Gasteiger partial charge in [-0.15, -0.1) is 0 Å². The Bertz CT molecular complexity index is 1040. The van der Waals surface area contributed by atoms with Crippen LogP contribution in [0.2, 0.25) is 0 Å². The number of nitriles is 1. The zero-order chi connectivity index (χ0) is 21.2. The fourth-order valence-electron chi connectivity index (χ4n) is 2.42. The van der Waals surface area contributed by atoms with Crippen LogP contribution in [0, 0.1) is 11.3 Å². The Hall–Kier alpha value is -4.31. The van der Waals surface area contributed by atoms with Gasteiger partial charge in [-0.3, -0.25) is 4.79 Å². The largest absolute Gasteiger partial charge is 0.482 e. The molecule has 7 nitrogen and oxygen atoms in total. The molecule has 0 spiro atoms. The number of esters is 1. The summed E-state index contributed by atoms with van der Waals surface area (Å²) in [5, 5.41) is 11.4. The third-order valence-electron chi connectivity index (χ3n) is 3.80. The van der Waals surface area contributed by atoms with Gasteiger partial charge in [0, 0.05) is 5.69 Å². The van der Waals surface area contributed by atoms with E-state index >= 15 is 0 Å². The number of anilines is 1. The number of hydrogen-bond donors (Lipinski definition) is 1. The normalized spacial score (nSPS) is 9.83. The number of para-hydroxylation sites is 1. The van der Waals surface area contributed by atoms with Gasteiger partial charge in [0.25, 0.3) is 5.91 Å². The molecule has 3 aromatic rings. The Kier molecular flexibility index (Phi) is 7.01. The van der Waals surface area contributed by atoms with Crippen molar-refractivity contribution >= 4 is 17.6 Å². The number of amides is 1. The van der Waals surface area contributed by atoms with Gasteiger partial charge in [-0.05, 0) is 54.6 Å². The standard InChI is InChI=1S/C23H18N2O5/c24-14-17-5-4-6-18(13-17)25-22(26)15-29-23(27)16-28-19-9-11-21(12-10-19)30-20-7-2-1-3-8-20/h1-13H,15-16H2,(H,25,26). The van der Waals surface area contributed by atoms with Crippen LogP contribution in [0.25, 0.3) is 0 Å². The van der Waals surface area contributed by atoms with Crippen LogP contribution >= 0.6 is 0 Å².